The Hall–Kier alpha value is -3.00. The molecule has 4 rings (SSSR count). The van der Waals surface area contributed by atoms with Crippen LogP contribution in [0.25, 0.3) is 11.1 Å². The molecular weight excluding hydrogens is 438 g/mol. The van der Waals surface area contributed by atoms with Crippen LogP contribution in [0.2, 0.25) is 0 Å². The second-order valence-corrected chi connectivity index (χ2v) is 9.51. The summed E-state index contributed by atoms with van der Waals surface area (Å²) >= 11 is 0. The first-order chi connectivity index (χ1) is 17.1. The van der Waals surface area contributed by atoms with Crippen LogP contribution in [0, 0.1) is 0 Å². The number of ether oxygens (including phenoxy) is 1. The smallest absolute Gasteiger partial charge is 0.251 e. The van der Waals surface area contributed by atoms with Crippen LogP contribution in [-0.2, 0) is 11.3 Å². The van der Waals surface area contributed by atoms with Gasteiger partial charge in [-0.3, -0.25) is 9.89 Å². The first kappa shape index (κ1) is 25.1. The lowest BCUT2D eigenvalue weighted by Gasteiger charge is -2.32. The van der Waals surface area contributed by atoms with Gasteiger partial charge in [0, 0.05) is 48.9 Å². The normalized spacial score (nSPS) is 16.5. The number of amides is 1. The lowest BCUT2D eigenvalue weighted by molar-refractivity contribution is 0.0827. The molecule has 1 aliphatic heterocycles. The number of hydrogen-bond donors (Lipinski definition) is 2. The molecule has 2 aromatic carbocycles. The third kappa shape index (κ3) is 7.24. The quantitative estimate of drug-likeness (QED) is 0.413. The summed E-state index contributed by atoms with van der Waals surface area (Å²) in [7, 11) is 3.99. The Morgan fingerprint density at radius 1 is 1.17 bits per heavy atom. The van der Waals surface area contributed by atoms with E-state index in [0.717, 1.165) is 56.8 Å². The Bertz CT molecular complexity index is 1050. The van der Waals surface area contributed by atoms with E-state index in [2.05, 4.69) is 32.5 Å². The second-order valence-electron chi connectivity index (χ2n) is 9.51. The minimum atomic E-state index is -0.0387. The Morgan fingerprint density at radius 2 is 1.97 bits per heavy atom. The Balaban J connectivity index is 1.31. The Morgan fingerprint density at radius 3 is 2.74 bits per heavy atom. The molecule has 0 unspecified atom stereocenters. The van der Waals surface area contributed by atoms with E-state index in [1.807, 2.05) is 67.7 Å². The van der Waals surface area contributed by atoms with Gasteiger partial charge in [-0.15, -0.1) is 0 Å². The molecule has 2 N–H and O–H groups in total. The number of rotatable bonds is 11. The van der Waals surface area contributed by atoms with Gasteiger partial charge in [0.05, 0.1) is 19.4 Å². The molecule has 1 fully saturated rings. The summed E-state index contributed by atoms with van der Waals surface area (Å²) in [6.07, 6.45) is 4.21. The zero-order chi connectivity index (χ0) is 24.5. The van der Waals surface area contributed by atoms with E-state index in [0.29, 0.717) is 24.6 Å². The average Bonchev–Trinajstić information content (AvgIpc) is 3.37. The van der Waals surface area contributed by atoms with E-state index in [4.69, 9.17) is 4.74 Å². The highest BCUT2D eigenvalue weighted by atomic mass is 16.5. The van der Waals surface area contributed by atoms with Crippen molar-refractivity contribution in [1.29, 1.82) is 0 Å². The van der Waals surface area contributed by atoms with Crippen molar-refractivity contribution in [3.8, 4) is 11.1 Å². The van der Waals surface area contributed by atoms with Crippen molar-refractivity contribution >= 4 is 5.91 Å². The van der Waals surface area contributed by atoms with E-state index in [1.54, 1.807) is 0 Å². The number of benzene rings is 2. The molecule has 186 valence electrons. The summed E-state index contributed by atoms with van der Waals surface area (Å²) in [4.78, 5) is 16.9. The molecule has 1 saturated heterocycles. The van der Waals surface area contributed by atoms with Crippen LogP contribution in [0.15, 0.2) is 60.8 Å². The molecule has 1 aliphatic rings. The molecule has 0 radical (unpaired) electrons. The number of nitrogens with one attached hydrogen (secondary N) is 2. The molecular formula is C28H37N5O2. The predicted molar refractivity (Wildman–Crippen MR) is 139 cm³/mol. The van der Waals surface area contributed by atoms with Crippen molar-refractivity contribution in [3.63, 3.8) is 0 Å². The molecule has 1 atom stereocenters. The summed E-state index contributed by atoms with van der Waals surface area (Å²) in [5.41, 5.74) is 5.28. The summed E-state index contributed by atoms with van der Waals surface area (Å²) < 4.78 is 5.91. The van der Waals surface area contributed by atoms with E-state index in [1.165, 1.54) is 11.3 Å². The molecule has 7 heteroatoms. The number of hydrogen-bond acceptors (Lipinski definition) is 5. The molecule has 0 spiro atoms. The van der Waals surface area contributed by atoms with Gasteiger partial charge in [-0.2, -0.15) is 5.10 Å². The lowest BCUT2D eigenvalue weighted by Crippen LogP contribution is -2.36. The number of likely N-dealkylation sites (N-methyl/N-ethyl adjacent to an activating group) is 1. The SMILES string of the molecule is CN(C)CCNC(=O)c1ccc(-c2cn[nH]c2[C@H]2CCCN(CCOCc3ccccc3)C2)cc1. The van der Waals surface area contributed by atoms with Gasteiger partial charge in [0.25, 0.3) is 5.91 Å². The fourth-order valence-electron chi connectivity index (χ4n) is 4.59. The number of aromatic amines is 1. The van der Waals surface area contributed by atoms with Gasteiger partial charge in [0.2, 0.25) is 0 Å². The third-order valence-corrected chi connectivity index (χ3v) is 6.55. The molecule has 3 aromatic rings. The highest BCUT2D eigenvalue weighted by molar-refractivity contribution is 5.94. The van der Waals surface area contributed by atoms with Crippen LogP contribution in [-0.4, -0.2) is 79.3 Å². The molecule has 1 amide bonds. The number of carbonyl (C=O) groups is 1. The van der Waals surface area contributed by atoms with Crippen molar-refractivity contribution in [2.75, 3.05) is 53.4 Å². The summed E-state index contributed by atoms with van der Waals surface area (Å²) in [5.74, 6) is 0.368. The third-order valence-electron chi connectivity index (χ3n) is 6.55. The molecule has 35 heavy (non-hydrogen) atoms. The average molecular weight is 476 g/mol. The predicted octanol–water partition coefficient (Wildman–Crippen LogP) is 3.76. The molecule has 0 bridgehead atoms. The highest BCUT2D eigenvalue weighted by Gasteiger charge is 2.25. The molecule has 7 nitrogen and oxygen atoms in total. The number of piperidine rings is 1. The van der Waals surface area contributed by atoms with Crippen LogP contribution in [0.1, 0.15) is 40.4 Å². The van der Waals surface area contributed by atoms with Crippen LogP contribution in [0.5, 0.6) is 0 Å². The van der Waals surface area contributed by atoms with E-state index >= 15 is 0 Å². The minimum absolute atomic E-state index is 0.0387. The van der Waals surface area contributed by atoms with Crippen LogP contribution >= 0.6 is 0 Å². The Labute approximate surface area is 208 Å². The second kappa shape index (κ2) is 12.6. The zero-order valence-electron chi connectivity index (χ0n) is 20.9. The van der Waals surface area contributed by atoms with E-state index in [9.17, 15) is 4.79 Å². The summed E-state index contributed by atoms with van der Waals surface area (Å²) in [6, 6.07) is 18.2. The maximum Gasteiger partial charge on any atom is 0.251 e. The number of H-pyrrole nitrogens is 1. The van der Waals surface area contributed by atoms with Gasteiger partial charge in [-0.25, -0.2) is 0 Å². The van der Waals surface area contributed by atoms with Gasteiger partial charge in [-0.1, -0.05) is 42.5 Å². The largest absolute Gasteiger partial charge is 0.375 e. The van der Waals surface area contributed by atoms with Gasteiger partial charge < -0.3 is 19.9 Å². The van der Waals surface area contributed by atoms with Gasteiger partial charge in [0.15, 0.2) is 0 Å². The first-order valence-electron chi connectivity index (χ1n) is 12.5. The topological polar surface area (TPSA) is 73.5 Å². The van der Waals surface area contributed by atoms with Crippen LogP contribution < -0.4 is 5.32 Å². The van der Waals surface area contributed by atoms with E-state index in [-0.39, 0.29) is 5.91 Å². The van der Waals surface area contributed by atoms with Crippen LogP contribution in [0.4, 0.5) is 0 Å². The van der Waals surface area contributed by atoms with Crippen molar-refractivity contribution in [2.24, 2.45) is 0 Å². The maximum absolute atomic E-state index is 12.4. The maximum atomic E-state index is 12.4. The number of likely N-dealkylation sites (tertiary alicyclic amines) is 1. The van der Waals surface area contributed by atoms with Gasteiger partial charge in [0.1, 0.15) is 0 Å². The molecule has 2 heterocycles. The standard InChI is InChI=1S/C28H37N5O2/c1-32(2)16-14-29-28(34)24-12-10-23(11-13-24)26-19-30-31-27(26)25-9-6-15-33(20-25)17-18-35-21-22-7-4-3-5-8-22/h3-5,7-8,10-13,19,25H,6,9,14-18,20-21H2,1-2H3,(H,29,34)(H,30,31)/t25-/m0/s1. The molecule has 0 saturated carbocycles. The van der Waals surface area contributed by atoms with Crippen molar-refractivity contribution in [1.82, 2.24) is 25.3 Å². The fraction of sp³-hybridized carbons (Fsp3) is 0.429. The number of nitrogens with zero attached hydrogens (tertiary/aromatic N) is 3. The van der Waals surface area contributed by atoms with Crippen molar-refractivity contribution in [2.45, 2.75) is 25.4 Å². The number of carbonyl (C=O) groups excluding carboxylic acids is 1. The Kier molecular flexibility index (Phi) is 9.06. The monoisotopic (exact) mass is 475 g/mol. The van der Waals surface area contributed by atoms with Crippen LogP contribution in [0.3, 0.4) is 0 Å². The first-order valence-corrected chi connectivity index (χ1v) is 12.5. The van der Waals surface area contributed by atoms with Crippen molar-refractivity contribution in [3.05, 3.63) is 77.6 Å². The van der Waals surface area contributed by atoms with Gasteiger partial charge >= 0.3 is 0 Å². The number of aromatic nitrogens is 2. The minimum Gasteiger partial charge on any atom is -0.375 e. The van der Waals surface area contributed by atoms with Gasteiger partial charge in [-0.05, 0) is 56.7 Å². The lowest BCUT2D eigenvalue weighted by atomic mass is 9.90. The zero-order valence-corrected chi connectivity index (χ0v) is 20.9. The highest BCUT2D eigenvalue weighted by Crippen LogP contribution is 2.33. The molecule has 1 aromatic heterocycles. The van der Waals surface area contributed by atoms with Crippen molar-refractivity contribution < 1.29 is 9.53 Å². The fourth-order valence-corrected chi connectivity index (χ4v) is 4.59. The van der Waals surface area contributed by atoms with E-state index < -0.39 is 0 Å². The summed E-state index contributed by atoms with van der Waals surface area (Å²) in [6.45, 7) is 5.88. The molecule has 0 aliphatic carbocycles. The summed E-state index contributed by atoms with van der Waals surface area (Å²) in [5, 5.41) is 10.6.